The third kappa shape index (κ3) is 3.65. The van der Waals surface area contributed by atoms with Gasteiger partial charge in [-0.05, 0) is 53.3 Å². The molecule has 3 aromatic rings. The molecule has 0 aliphatic carbocycles. The first-order chi connectivity index (χ1) is 11.1. The van der Waals surface area contributed by atoms with E-state index < -0.39 is 0 Å². The maximum atomic E-state index is 14.0. The van der Waals surface area contributed by atoms with Crippen molar-refractivity contribution in [3.63, 3.8) is 0 Å². The minimum Gasteiger partial charge on any atom is -0.256 e. The van der Waals surface area contributed by atoms with E-state index in [0.717, 1.165) is 34.4 Å². The number of nitrogens with zero attached hydrogens (tertiary/aromatic N) is 1. The van der Waals surface area contributed by atoms with Gasteiger partial charge < -0.3 is 0 Å². The zero-order chi connectivity index (χ0) is 16.2. The molecule has 0 aliphatic rings. The zero-order valence-electron chi connectivity index (χ0n) is 13.5. The van der Waals surface area contributed by atoms with E-state index in [2.05, 4.69) is 24.9 Å². The first-order valence-electron chi connectivity index (χ1n) is 7.94. The number of hydrogen-bond acceptors (Lipinski definition) is 1. The number of benzene rings is 2. The standard InChI is InChI=1S/C21H20FN/c1-15(2)12-19-13-17(8-9-20(19)22)18-10-11-23-21(14-18)16-6-4-3-5-7-16/h3-11,13-15H,12H2,1-2H3. The zero-order valence-corrected chi connectivity index (χ0v) is 13.5. The summed E-state index contributed by atoms with van der Waals surface area (Å²) >= 11 is 0. The number of pyridine rings is 1. The van der Waals surface area contributed by atoms with Crippen molar-refractivity contribution in [3.05, 3.63) is 78.2 Å². The largest absolute Gasteiger partial charge is 0.256 e. The summed E-state index contributed by atoms with van der Waals surface area (Å²) in [5, 5.41) is 0. The van der Waals surface area contributed by atoms with Crippen molar-refractivity contribution in [1.82, 2.24) is 4.98 Å². The molecule has 0 fully saturated rings. The van der Waals surface area contributed by atoms with Crippen molar-refractivity contribution < 1.29 is 4.39 Å². The summed E-state index contributed by atoms with van der Waals surface area (Å²) < 4.78 is 14.0. The van der Waals surface area contributed by atoms with Crippen LogP contribution in [0, 0.1) is 11.7 Å². The molecule has 23 heavy (non-hydrogen) atoms. The summed E-state index contributed by atoms with van der Waals surface area (Å²) in [7, 11) is 0. The molecule has 0 bridgehead atoms. The van der Waals surface area contributed by atoms with Gasteiger partial charge in [-0.2, -0.15) is 0 Å². The van der Waals surface area contributed by atoms with Crippen molar-refractivity contribution in [2.45, 2.75) is 20.3 Å². The summed E-state index contributed by atoms with van der Waals surface area (Å²) in [4.78, 5) is 4.45. The molecule has 0 N–H and O–H groups in total. The van der Waals surface area contributed by atoms with Crippen LogP contribution >= 0.6 is 0 Å². The Labute approximate surface area is 136 Å². The van der Waals surface area contributed by atoms with Gasteiger partial charge in [-0.15, -0.1) is 0 Å². The van der Waals surface area contributed by atoms with Crippen molar-refractivity contribution >= 4 is 0 Å². The lowest BCUT2D eigenvalue weighted by Crippen LogP contribution is -1.98. The molecule has 0 amide bonds. The van der Waals surface area contributed by atoms with Crippen LogP contribution < -0.4 is 0 Å². The Morgan fingerprint density at radius 1 is 0.870 bits per heavy atom. The monoisotopic (exact) mass is 305 g/mol. The predicted molar refractivity (Wildman–Crippen MR) is 93.6 cm³/mol. The van der Waals surface area contributed by atoms with E-state index in [1.54, 1.807) is 6.07 Å². The Kier molecular flexibility index (Phi) is 4.52. The van der Waals surface area contributed by atoms with E-state index in [1.165, 1.54) is 0 Å². The number of rotatable bonds is 4. The van der Waals surface area contributed by atoms with E-state index in [0.29, 0.717) is 5.92 Å². The van der Waals surface area contributed by atoms with E-state index in [1.807, 2.05) is 54.7 Å². The van der Waals surface area contributed by atoms with Crippen LogP contribution in [-0.4, -0.2) is 4.98 Å². The summed E-state index contributed by atoms with van der Waals surface area (Å²) in [6.07, 6.45) is 2.56. The average Bonchev–Trinajstić information content (AvgIpc) is 2.57. The van der Waals surface area contributed by atoms with Crippen molar-refractivity contribution in [2.24, 2.45) is 5.92 Å². The van der Waals surface area contributed by atoms with Crippen LogP contribution in [-0.2, 0) is 6.42 Å². The number of halogens is 1. The topological polar surface area (TPSA) is 12.9 Å². The van der Waals surface area contributed by atoms with Gasteiger partial charge >= 0.3 is 0 Å². The van der Waals surface area contributed by atoms with Gasteiger partial charge in [0, 0.05) is 11.8 Å². The van der Waals surface area contributed by atoms with Crippen LogP contribution in [0.15, 0.2) is 66.9 Å². The van der Waals surface area contributed by atoms with Crippen molar-refractivity contribution in [2.75, 3.05) is 0 Å². The van der Waals surface area contributed by atoms with Gasteiger partial charge in [0.1, 0.15) is 5.82 Å². The van der Waals surface area contributed by atoms with E-state index >= 15 is 0 Å². The van der Waals surface area contributed by atoms with Crippen LogP contribution in [0.1, 0.15) is 19.4 Å². The van der Waals surface area contributed by atoms with E-state index in [4.69, 9.17) is 0 Å². The molecular formula is C21H20FN. The molecule has 0 saturated heterocycles. The quantitative estimate of drug-likeness (QED) is 0.597. The highest BCUT2D eigenvalue weighted by Gasteiger charge is 2.08. The highest BCUT2D eigenvalue weighted by Crippen LogP contribution is 2.26. The molecule has 0 aliphatic heterocycles. The normalized spacial score (nSPS) is 11.0. The summed E-state index contributed by atoms with van der Waals surface area (Å²) in [5.74, 6) is 0.303. The molecule has 0 unspecified atom stereocenters. The number of hydrogen-bond donors (Lipinski definition) is 0. The highest BCUT2D eigenvalue weighted by atomic mass is 19.1. The maximum absolute atomic E-state index is 14.0. The van der Waals surface area contributed by atoms with Gasteiger partial charge in [-0.25, -0.2) is 4.39 Å². The molecule has 2 aromatic carbocycles. The summed E-state index contributed by atoms with van der Waals surface area (Å²) in [5.41, 5.74) is 4.87. The third-order valence-corrected chi connectivity index (χ3v) is 3.84. The van der Waals surface area contributed by atoms with Gasteiger partial charge in [-0.1, -0.05) is 50.2 Å². The smallest absolute Gasteiger partial charge is 0.126 e. The Bertz CT molecular complexity index is 794. The van der Waals surface area contributed by atoms with E-state index in [9.17, 15) is 4.39 Å². The fraction of sp³-hybridized carbons (Fsp3) is 0.190. The first kappa shape index (κ1) is 15.4. The van der Waals surface area contributed by atoms with Crippen molar-refractivity contribution in [3.8, 4) is 22.4 Å². The maximum Gasteiger partial charge on any atom is 0.126 e. The van der Waals surface area contributed by atoms with Crippen LogP contribution in [0.2, 0.25) is 0 Å². The second kappa shape index (κ2) is 6.74. The SMILES string of the molecule is CC(C)Cc1cc(-c2ccnc(-c3ccccc3)c2)ccc1F. The Morgan fingerprint density at radius 3 is 2.35 bits per heavy atom. The molecule has 0 spiro atoms. The molecule has 0 radical (unpaired) electrons. The molecule has 3 rings (SSSR count). The average molecular weight is 305 g/mol. The molecule has 0 saturated carbocycles. The summed E-state index contributed by atoms with van der Waals surface area (Å²) in [6, 6.07) is 19.5. The van der Waals surface area contributed by atoms with E-state index in [-0.39, 0.29) is 5.82 Å². The molecule has 116 valence electrons. The third-order valence-electron chi connectivity index (χ3n) is 3.84. The Morgan fingerprint density at radius 2 is 1.61 bits per heavy atom. The fourth-order valence-corrected chi connectivity index (χ4v) is 2.73. The lowest BCUT2D eigenvalue weighted by Gasteiger charge is -2.10. The van der Waals surface area contributed by atoms with Crippen molar-refractivity contribution in [1.29, 1.82) is 0 Å². The van der Waals surface area contributed by atoms with Gasteiger partial charge in [0.05, 0.1) is 5.69 Å². The second-order valence-electron chi connectivity index (χ2n) is 6.20. The molecule has 1 heterocycles. The molecule has 1 nitrogen and oxygen atoms in total. The molecular weight excluding hydrogens is 285 g/mol. The Hall–Kier alpha value is -2.48. The minimum absolute atomic E-state index is 0.125. The fourth-order valence-electron chi connectivity index (χ4n) is 2.73. The Balaban J connectivity index is 1.99. The lowest BCUT2D eigenvalue weighted by molar-refractivity contribution is 0.574. The lowest BCUT2D eigenvalue weighted by atomic mass is 9.97. The van der Waals surface area contributed by atoms with Crippen LogP contribution in [0.5, 0.6) is 0 Å². The van der Waals surface area contributed by atoms with Gasteiger partial charge in [0.2, 0.25) is 0 Å². The highest BCUT2D eigenvalue weighted by molar-refractivity contribution is 5.70. The first-order valence-corrected chi connectivity index (χ1v) is 7.94. The summed E-state index contributed by atoms with van der Waals surface area (Å²) in [6.45, 7) is 4.21. The number of aromatic nitrogens is 1. The molecule has 1 aromatic heterocycles. The van der Waals surface area contributed by atoms with Crippen LogP contribution in [0.25, 0.3) is 22.4 Å². The minimum atomic E-state index is -0.125. The molecule has 0 atom stereocenters. The van der Waals surface area contributed by atoms with Crippen LogP contribution in [0.4, 0.5) is 4.39 Å². The van der Waals surface area contributed by atoms with Crippen LogP contribution in [0.3, 0.4) is 0 Å². The van der Waals surface area contributed by atoms with Gasteiger partial charge in [-0.3, -0.25) is 4.98 Å². The van der Waals surface area contributed by atoms with Gasteiger partial charge in [0.15, 0.2) is 0 Å². The van der Waals surface area contributed by atoms with Gasteiger partial charge in [0.25, 0.3) is 0 Å². The second-order valence-corrected chi connectivity index (χ2v) is 6.20. The predicted octanol–water partition coefficient (Wildman–Crippen LogP) is 5.75. The molecule has 2 heteroatoms.